The minimum atomic E-state index is -0.555. The Morgan fingerprint density at radius 3 is 2.50 bits per heavy atom. The number of para-hydroxylation sites is 1. The number of benzene rings is 2. The quantitative estimate of drug-likeness (QED) is 0.766. The van der Waals surface area contributed by atoms with Crippen molar-refractivity contribution in [2.24, 2.45) is 0 Å². The number of nitriles is 1. The molecule has 2 aromatic carbocycles. The van der Waals surface area contributed by atoms with E-state index >= 15 is 0 Å². The summed E-state index contributed by atoms with van der Waals surface area (Å²) in [4.78, 5) is 23.8. The topological polar surface area (TPSA) is 97.6 Å². The van der Waals surface area contributed by atoms with Gasteiger partial charge in [0.25, 0.3) is 5.91 Å². The molecule has 0 aliphatic rings. The summed E-state index contributed by atoms with van der Waals surface area (Å²) in [5, 5.41) is 11.5. The second-order valence-corrected chi connectivity index (χ2v) is 5.23. The van der Waals surface area contributed by atoms with Gasteiger partial charge in [-0.1, -0.05) is 18.2 Å². The summed E-state index contributed by atoms with van der Waals surface area (Å²) < 4.78 is 15.3. The molecule has 0 radical (unpaired) electrons. The molecule has 0 saturated carbocycles. The molecule has 0 spiro atoms. The fraction of sp³-hybridized carbons (Fsp3) is 0.211. The van der Waals surface area contributed by atoms with Gasteiger partial charge >= 0.3 is 5.97 Å². The molecule has 26 heavy (non-hydrogen) atoms. The van der Waals surface area contributed by atoms with Crippen LogP contribution in [0.5, 0.6) is 11.5 Å². The molecule has 0 heterocycles. The Kier molecular flexibility index (Phi) is 6.57. The predicted octanol–water partition coefficient (Wildman–Crippen LogP) is 2.30. The van der Waals surface area contributed by atoms with Crippen LogP contribution in [0.4, 0.5) is 5.69 Å². The summed E-state index contributed by atoms with van der Waals surface area (Å²) in [6.45, 7) is -0.439. The van der Waals surface area contributed by atoms with Gasteiger partial charge in [-0.05, 0) is 29.8 Å². The minimum absolute atomic E-state index is 0.0115. The molecule has 0 fully saturated rings. The zero-order chi connectivity index (χ0) is 18.9. The molecule has 0 aromatic heterocycles. The SMILES string of the molecule is COc1ccc(CC(=O)OCC(=O)Nc2ccccc2C#N)cc1OC. The maximum absolute atomic E-state index is 11.9. The number of carbonyl (C=O) groups excluding carboxylic acids is 2. The van der Waals surface area contributed by atoms with E-state index in [4.69, 9.17) is 19.5 Å². The molecular formula is C19H18N2O5. The van der Waals surface area contributed by atoms with Crippen molar-refractivity contribution < 1.29 is 23.8 Å². The van der Waals surface area contributed by atoms with Crippen molar-refractivity contribution in [3.8, 4) is 17.6 Å². The van der Waals surface area contributed by atoms with E-state index in [9.17, 15) is 9.59 Å². The minimum Gasteiger partial charge on any atom is -0.493 e. The maximum atomic E-state index is 11.9. The van der Waals surface area contributed by atoms with E-state index in [1.54, 1.807) is 42.5 Å². The molecule has 0 aliphatic heterocycles. The summed E-state index contributed by atoms with van der Waals surface area (Å²) in [6, 6.07) is 13.6. The van der Waals surface area contributed by atoms with Crippen molar-refractivity contribution >= 4 is 17.6 Å². The van der Waals surface area contributed by atoms with Gasteiger partial charge in [-0.2, -0.15) is 5.26 Å². The van der Waals surface area contributed by atoms with Gasteiger partial charge in [0.1, 0.15) is 6.07 Å². The molecule has 1 amide bonds. The Bertz CT molecular complexity index is 842. The smallest absolute Gasteiger partial charge is 0.310 e. The van der Waals surface area contributed by atoms with E-state index in [1.165, 1.54) is 14.2 Å². The molecule has 134 valence electrons. The average Bonchev–Trinajstić information content (AvgIpc) is 2.66. The highest BCUT2D eigenvalue weighted by Gasteiger charge is 2.12. The monoisotopic (exact) mass is 354 g/mol. The lowest BCUT2D eigenvalue weighted by atomic mass is 10.1. The zero-order valence-corrected chi connectivity index (χ0v) is 14.4. The van der Waals surface area contributed by atoms with Gasteiger partial charge in [-0.3, -0.25) is 9.59 Å². The van der Waals surface area contributed by atoms with Crippen LogP contribution >= 0.6 is 0 Å². The standard InChI is InChI=1S/C19H18N2O5/c1-24-16-8-7-13(9-17(16)25-2)10-19(23)26-12-18(22)21-15-6-4-3-5-14(15)11-20/h3-9H,10,12H2,1-2H3,(H,21,22). The van der Waals surface area contributed by atoms with E-state index in [0.29, 0.717) is 28.3 Å². The van der Waals surface area contributed by atoms with Gasteiger partial charge in [0.05, 0.1) is 31.9 Å². The summed E-state index contributed by atoms with van der Waals surface area (Å²) in [7, 11) is 3.03. The number of carbonyl (C=O) groups is 2. The van der Waals surface area contributed by atoms with E-state index in [1.807, 2.05) is 6.07 Å². The van der Waals surface area contributed by atoms with Crippen molar-refractivity contribution in [2.45, 2.75) is 6.42 Å². The first kappa shape index (κ1) is 18.8. The fourth-order valence-corrected chi connectivity index (χ4v) is 2.23. The van der Waals surface area contributed by atoms with Crippen LogP contribution in [-0.4, -0.2) is 32.7 Å². The van der Waals surface area contributed by atoms with Gasteiger partial charge in [-0.15, -0.1) is 0 Å². The van der Waals surface area contributed by atoms with Gasteiger partial charge in [-0.25, -0.2) is 0 Å². The number of esters is 1. The fourth-order valence-electron chi connectivity index (χ4n) is 2.23. The number of hydrogen-bond acceptors (Lipinski definition) is 6. The molecule has 0 unspecified atom stereocenters. The Labute approximate surface area is 151 Å². The first-order valence-corrected chi connectivity index (χ1v) is 7.73. The molecule has 7 nitrogen and oxygen atoms in total. The van der Waals surface area contributed by atoms with Crippen molar-refractivity contribution in [2.75, 3.05) is 26.1 Å². The number of nitrogens with zero attached hydrogens (tertiary/aromatic N) is 1. The molecule has 1 N–H and O–H groups in total. The summed E-state index contributed by atoms with van der Waals surface area (Å²) in [5.74, 6) is -0.0156. The van der Waals surface area contributed by atoms with Gasteiger partial charge in [0.2, 0.25) is 0 Å². The highest BCUT2D eigenvalue weighted by molar-refractivity contribution is 5.94. The Morgan fingerprint density at radius 2 is 1.81 bits per heavy atom. The molecule has 0 atom stereocenters. The van der Waals surface area contributed by atoms with E-state index in [-0.39, 0.29) is 6.42 Å². The van der Waals surface area contributed by atoms with Crippen LogP contribution in [0.25, 0.3) is 0 Å². The lowest BCUT2D eigenvalue weighted by molar-refractivity contribution is -0.146. The Hall–Kier alpha value is -3.53. The normalized spacial score (nSPS) is 9.73. The Morgan fingerprint density at radius 1 is 1.08 bits per heavy atom. The number of nitrogens with one attached hydrogen (secondary N) is 1. The van der Waals surface area contributed by atoms with E-state index in [2.05, 4.69) is 5.32 Å². The first-order valence-electron chi connectivity index (χ1n) is 7.73. The number of rotatable bonds is 7. The molecule has 0 saturated heterocycles. The van der Waals surface area contributed by atoms with Crippen molar-refractivity contribution in [3.05, 3.63) is 53.6 Å². The largest absolute Gasteiger partial charge is 0.493 e. The van der Waals surface area contributed by atoms with Crippen molar-refractivity contribution in [1.29, 1.82) is 5.26 Å². The number of methoxy groups -OCH3 is 2. The molecule has 7 heteroatoms. The van der Waals surface area contributed by atoms with Crippen LogP contribution in [0, 0.1) is 11.3 Å². The van der Waals surface area contributed by atoms with Crippen LogP contribution in [0.3, 0.4) is 0 Å². The van der Waals surface area contributed by atoms with Gasteiger partial charge in [0, 0.05) is 0 Å². The maximum Gasteiger partial charge on any atom is 0.310 e. The van der Waals surface area contributed by atoms with Crippen LogP contribution < -0.4 is 14.8 Å². The van der Waals surface area contributed by atoms with Crippen LogP contribution in [0.15, 0.2) is 42.5 Å². The Balaban J connectivity index is 1.88. The zero-order valence-electron chi connectivity index (χ0n) is 14.4. The summed E-state index contributed by atoms with van der Waals surface area (Å²) >= 11 is 0. The van der Waals surface area contributed by atoms with Crippen LogP contribution in [0.1, 0.15) is 11.1 Å². The van der Waals surface area contributed by atoms with Gasteiger partial charge < -0.3 is 19.5 Å². The van der Waals surface area contributed by atoms with Crippen LogP contribution in [-0.2, 0) is 20.7 Å². The molecule has 0 aliphatic carbocycles. The van der Waals surface area contributed by atoms with Crippen molar-refractivity contribution in [1.82, 2.24) is 0 Å². The summed E-state index contributed by atoms with van der Waals surface area (Å²) in [6.07, 6.45) is -0.0115. The first-order chi connectivity index (χ1) is 12.6. The average molecular weight is 354 g/mol. The number of ether oxygens (including phenoxy) is 3. The second-order valence-electron chi connectivity index (χ2n) is 5.23. The third-order valence-electron chi connectivity index (χ3n) is 3.48. The second kappa shape index (κ2) is 9.08. The summed E-state index contributed by atoms with van der Waals surface area (Å²) in [5.41, 5.74) is 1.37. The van der Waals surface area contributed by atoms with E-state index in [0.717, 1.165) is 0 Å². The molecule has 2 aromatic rings. The lowest BCUT2D eigenvalue weighted by Gasteiger charge is -2.10. The lowest BCUT2D eigenvalue weighted by Crippen LogP contribution is -2.22. The third-order valence-corrected chi connectivity index (χ3v) is 3.48. The highest BCUT2D eigenvalue weighted by atomic mass is 16.5. The molecular weight excluding hydrogens is 336 g/mol. The van der Waals surface area contributed by atoms with Gasteiger partial charge in [0.15, 0.2) is 18.1 Å². The molecule has 0 bridgehead atoms. The van der Waals surface area contributed by atoms with Crippen molar-refractivity contribution in [3.63, 3.8) is 0 Å². The number of anilines is 1. The van der Waals surface area contributed by atoms with Crippen LogP contribution in [0.2, 0.25) is 0 Å². The predicted molar refractivity (Wildman–Crippen MR) is 94.0 cm³/mol. The number of hydrogen-bond donors (Lipinski definition) is 1. The van der Waals surface area contributed by atoms with E-state index < -0.39 is 18.5 Å². The highest BCUT2D eigenvalue weighted by Crippen LogP contribution is 2.27. The molecule has 2 rings (SSSR count). The number of amides is 1. The third kappa shape index (κ3) is 4.98.